The average Bonchev–Trinajstić information content (AvgIpc) is 2.37. The van der Waals surface area contributed by atoms with E-state index in [1.54, 1.807) is 0 Å². The van der Waals surface area contributed by atoms with Gasteiger partial charge in [0.2, 0.25) is 0 Å². The molecule has 1 aromatic carbocycles. The topological polar surface area (TPSA) is 67.2 Å². The zero-order valence-corrected chi connectivity index (χ0v) is 10.3. The van der Waals surface area contributed by atoms with Gasteiger partial charge in [-0.05, 0) is 12.0 Å². The van der Waals surface area contributed by atoms with Gasteiger partial charge < -0.3 is 16.4 Å². The van der Waals surface area contributed by atoms with Crippen molar-refractivity contribution >= 4 is 6.03 Å². The van der Waals surface area contributed by atoms with Crippen LogP contribution in [-0.4, -0.2) is 19.1 Å². The fraction of sp³-hybridized carbons (Fsp3) is 0.462. The Balaban J connectivity index is 2.24. The Morgan fingerprint density at radius 2 is 2.00 bits per heavy atom. The Bertz CT molecular complexity index is 327. The molecule has 1 atom stereocenters. The largest absolute Gasteiger partial charge is 0.338 e. The predicted octanol–water partition coefficient (Wildman–Crippen LogP) is 1.79. The van der Waals surface area contributed by atoms with Crippen LogP contribution in [0.3, 0.4) is 0 Å². The molecule has 1 aromatic rings. The fourth-order valence-corrected chi connectivity index (χ4v) is 1.46. The Kier molecular flexibility index (Phi) is 6.10. The summed E-state index contributed by atoms with van der Waals surface area (Å²) in [5, 5.41) is 5.55. The van der Waals surface area contributed by atoms with Gasteiger partial charge in [0.05, 0.1) is 0 Å². The van der Waals surface area contributed by atoms with Gasteiger partial charge in [-0.15, -0.1) is 0 Å². The highest BCUT2D eigenvalue weighted by molar-refractivity contribution is 5.73. The number of hydrogen-bond acceptors (Lipinski definition) is 2. The van der Waals surface area contributed by atoms with Crippen LogP contribution in [0.1, 0.15) is 31.4 Å². The van der Waals surface area contributed by atoms with Gasteiger partial charge in [0, 0.05) is 19.1 Å². The van der Waals surface area contributed by atoms with E-state index in [1.807, 2.05) is 30.3 Å². The molecule has 0 aliphatic rings. The number of benzene rings is 1. The van der Waals surface area contributed by atoms with Crippen LogP contribution in [-0.2, 0) is 0 Å². The Morgan fingerprint density at radius 3 is 2.65 bits per heavy atom. The summed E-state index contributed by atoms with van der Waals surface area (Å²) in [5.74, 6) is 0. The first kappa shape index (κ1) is 13.5. The van der Waals surface area contributed by atoms with Gasteiger partial charge in [-0.3, -0.25) is 0 Å². The summed E-state index contributed by atoms with van der Waals surface area (Å²) in [6.07, 6.45) is 2.07. The molecule has 94 valence electrons. The normalized spacial score (nSPS) is 11.9. The van der Waals surface area contributed by atoms with Gasteiger partial charge in [-0.25, -0.2) is 4.79 Å². The van der Waals surface area contributed by atoms with Gasteiger partial charge in [-0.1, -0.05) is 43.7 Å². The van der Waals surface area contributed by atoms with Crippen LogP contribution in [0.15, 0.2) is 30.3 Å². The molecule has 2 amide bonds. The van der Waals surface area contributed by atoms with Crippen molar-refractivity contribution in [3.05, 3.63) is 35.9 Å². The molecule has 1 unspecified atom stereocenters. The quantitative estimate of drug-likeness (QED) is 0.658. The minimum atomic E-state index is -0.159. The molecule has 0 bridgehead atoms. The van der Waals surface area contributed by atoms with E-state index in [1.165, 1.54) is 0 Å². The summed E-state index contributed by atoms with van der Waals surface area (Å²) < 4.78 is 0. The summed E-state index contributed by atoms with van der Waals surface area (Å²) in [6.45, 7) is 3.25. The van der Waals surface area contributed by atoms with Crippen LogP contribution in [0.5, 0.6) is 0 Å². The highest BCUT2D eigenvalue weighted by Gasteiger charge is 2.06. The minimum Gasteiger partial charge on any atom is -0.338 e. The number of amides is 2. The second-order valence-electron chi connectivity index (χ2n) is 4.01. The molecule has 0 spiro atoms. The van der Waals surface area contributed by atoms with Crippen molar-refractivity contribution in [2.75, 3.05) is 13.1 Å². The second-order valence-corrected chi connectivity index (χ2v) is 4.01. The summed E-state index contributed by atoms with van der Waals surface area (Å²) in [6, 6.07) is 9.44. The molecule has 0 fully saturated rings. The fourth-order valence-electron chi connectivity index (χ4n) is 1.46. The van der Waals surface area contributed by atoms with Crippen molar-refractivity contribution in [2.24, 2.45) is 5.73 Å². The van der Waals surface area contributed by atoms with Crippen LogP contribution in [0.25, 0.3) is 0 Å². The molecule has 4 nitrogen and oxygen atoms in total. The number of carbonyl (C=O) groups excluding carboxylic acids is 1. The van der Waals surface area contributed by atoms with Crippen LogP contribution < -0.4 is 16.4 Å². The SMILES string of the molecule is CCCCNC(=O)NCC(N)c1ccccc1. The first-order valence-electron chi connectivity index (χ1n) is 6.06. The molecule has 0 aliphatic carbocycles. The van der Waals surface area contributed by atoms with Gasteiger partial charge in [0.1, 0.15) is 0 Å². The zero-order chi connectivity index (χ0) is 12.5. The molecular formula is C13H21N3O. The number of nitrogens with one attached hydrogen (secondary N) is 2. The summed E-state index contributed by atoms with van der Waals surface area (Å²) in [7, 11) is 0. The molecule has 0 radical (unpaired) electrons. The maximum absolute atomic E-state index is 11.4. The number of carbonyl (C=O) groups is 1. The third kappa shape index (κ3) is 5.36. The first-order chi connectivity index (χ1) is 8.24. The lowest BCUT2D eigenvalue weighted by molar-refractivity contribution is 0.240. The number of rotatable bonds is 6. The summed E-state index contributed by atoms with van der Waals surface area (Å²) >= 11 is 0. The number of unbranched alkanes of at least 4 members (excludes halogenated alkanes) is 1. The van der Waals surface area contributed by atoms with E-state index in [2.05, 4.69) is 17.6 Å². The van der Waals surface area contributed by atoms with E-state index in [0.29, 0.717) is 13.1 Å². The van der Waals surface area contributed by atoms with Crippen molar-refractivity contribution in [3.63, 3.8) is 0 Å². The number of hydrogen-bond donors (Lipinski definition) is 3. The molecule has 0 aliphatic heterocycles. The summed E-state index contributed by atoms with van der Waals surface area (Å²) in [4.78, 5) is 11.4. The average molecular weight is 235 g/mol. The van der Waals surface area contributed by atoms with Crippen molar-refractivity contribution in [2.45, 2.75) is 25.8 Å². The Labute approximate surface area is 103 Å². The van der Waals surface area contributed by atoms with Crippen molar-refractivity contribution in [3.8, 4) is 0 Å². The van der Waals surface area contributed by atoms with E-state index < -0.39 is 0 Å². The van der Waals surface area contributed by atoms with Crippen LogP contribution in [0.4, 0.5) is 4.79 Å². The molecule has 1 rings (SSSR count). The highest BCUT2D eigenvalue weighted by Crippen LogP contribution is 2.07. The van der Waals surface area contributed by atoms with Crippen LogP contribution >= 0.6 is 0 Å². The number of nitrogens with two attached hydrogens (primary N) is 1. The maximum Gasteiger partial charge on any atom is 0.314 e. The molecule has 0 saturated heterocycles. The smallest absolute Gasteiger partial charge is 0.314 e. The van der Waals surface area contributed by atoms with Crippen molar-refractivity contribution < 1.29 is 4.79 Å². The van der Waals surface area contributed by atoms with E-state index in [0.717, 1.165) is 18.4 Å². The van der Waals surface area contributed by atoms with E-state index in [4.69, 9.17) is 5.73 Å². The lowest BCUT2D eigenvalue weighted by Crippen LogP contribution is -2.39. The first-order valence-corrected chi connectivity index (χ1v) is 6.06. The van der Waals surface area contributed by atoms with Gasteiger partial charge in [-0.2, -0.15) is 0 Å². The van der Waals surface area contributed by atoms with Gasteiger partial charge >= 0.3 is 6.03 Å². The van der Waals surface area contributed by atoms with E-state index in [-0.39, 0.29) is 12.1 Å². The second kappa shape index (κ2) is 7.68. The van der Waals surface area contributed by atoms with Crippen LogP contribution in [0, 0.1) is 0 Å². The lowest BCUT2D eigenvalue weighted by Gasteiger charge is -2.13. The minimum absolute atomic E-state index is 0.148. The summed E-state index contributed by atoms with van der Waals surface area (Å²) in [5.41, 5.74) is 6.98. The molecule has 4 N–H and O–H groups in total. The molecule has 0 aromatic heterocycles. The molecule has 0 saturated carbocycles. The monoisotopic (exact) mass is 235 g/mol. The molecule has 17 heavy (non-hydrogen) atoms. The predicted molar refractivity (Wildman–Crippen MR) is 69.7 cm³/mol. The Morgan fingerprint density at radius 1 is 1.29 bits per heavy atom. The third-order valence-corrected chi connectivity index (χ3v) is 2.53. The zero-order valence-electron chi connectivity index (χ0n) is 10.3. The molecule has 4 heteroatoms. The highest BCUT2D eigenvalue weighted by atomic mass is 16.2. The van der Waals surface area contributed by atoms with E-state index in [9.17, 15) is 4.79 Å². The maximum atomic E-state index is 11.4. The Hall–Kier alpha value is -1.55. The number of urea groups is 1. The van der Waals surface area contributed by atoms with Crippen molar-refractivity contribution in [1.29, 1.82) is 0 Å². The molecular weight excluding hydrogens is 214 g/mol. The standard InChI is InChI=1S/C13H21N3O/c1-2-3-9-15-13(17)16-10-12(14)11-7-5-4-6-8-11/h4-8,12H,2-3,9-10,14H2,1H3,(H2,15,16,17). The lowest BCUT2D eigenvalue weighted by atomic mass is 10.1. The van der Waals surface area contributed by atoms with Gasteiger partial charge in [0.15, 0.2) is 0 Å². The van der Waals surface area contributed by atoms with Crippen LogP contribution in [0.2, 0.25) is 0 Å². The van der Waals surface area contributed by atoms with Gasteiger partial charge in [0.25, 0.3) is 0 Å². The third-order valence-electron chi connectivity index (χ3n) is 2.53. The molecule has 0 heterocycles. The van der Waals surface area contributed by atoms with Crippen molar-refractivity contribution in [1.82, 2.24) is 10.6 Å². The van der Waals surface area contributed by atoms with E-state index >= 15 is 0 Å².